The standard InChI is InChI=1S/C17H22N6OS.ClH/c18-12-3-1-2-6-23(9-12)17(24)14-10-22(7-8-25-14)16-13-4-5-19-15(13)20-11-21-16;/h4-5,10-12H,1-3,6-9,18H2,(H,19,20,21);1H/t12-;/m0./s1. The van der Waals surface area contributed by atoms with E-state index in [0.717, 1.165) is 59.9 Å². The normalized spacial score (nSPS) is 21.1. The first kappa shape index (κ1) is 19.0. The zero-order valence-electron chi connectivity index (χ0n) is 14.4. The number of halogens is 1. The lowest BCUT2D eigenvalue weighted by atomic mass is 10.2. The number of nitrogens with two attached hydrogens (primary N) is 1. The summed E-state index contributed by atoms with van der Waals surface area (Å²) in [5, 5.41) is 0.967. The van der Waals surface area contributed by atoms with E-state index in [-0.39, 0.29) is 24.4 Å². The number of aromatic nitrogens is 3. The Bertz CT molecular complexity index is 809. The smallest absolute Gasteiger partial charge is 0.261 e. The highest BCUT2D eigenvalue weighted by Gasteiger charge is 2.26. The highest BCUT2D eigenvalue weighted by molar-refractivity contribution is 8.04. The summed E-state index contributed by atoms with van der Waals surface area (Å²) in [4.78, 5) is 29.5. The Balaban J connectivity index is 0.00000196. The molecule has 1 saturated heterocycles. The lowest BCUT2D eigenvalue weighted by Crippen LogP contribution is -2.41. The predicted molar refractivity (Wildman–Crippen MR) is 107 cm³/mol. The lowest BCUT2D eigenvalue weighted by Gasteiger charge is -2.29. The van der Waals surface area contributed by atoms with Gasteiger partial charge in [-0.15, -0.1) is 24.2 Å². The van der Waals surface area contributed by atoms with Gasteiger partial charge in [0.25, 0.3) is 5.91 Å². The van der Waals surface area contributed by atoms with E-state index in [4.69, 9.17) is 5.73 Å². The van der Waals surface area contributed by atoms with Crippen molar-refractivity contribution < 1.29 is 4.79 Å². The molecule has 1 fully saturated rings. The molecule has 2 aromatic heterocycles. The second-order valence-electron chi connectivity index (χ2n) is 6.48. The van der Waals surface area contributed by atoms with Crippen LogP contribution in [0.1, 0.15) is 19.3 Å². The van der Waals surface area contributed by atoms with Crippen molar-refractivity contribution in [1.82, 2.24) is 19.9 Å². The molecule has 3 N–H and O–H groups in total. The van der Waals surface area contributed by atoms with E-state index in [1.54, 1.807) is 18.1 Å². The summed E-state index contributed by atoms with van der Waals surface area (Å²) >= 11 is 1.62. The number of amides is 1. The number of fused-ring (bicyclic) bond motifs is 1. The Morgan fingerprint density at radius 1 is 1.31 bits per heavy atom. The average molecular weight is 395 g/mol. The van der Waals surface area contributed by atoms with Crippen LogP contribution >= 0.6 is 24.2 Å². The van der Waals surface area contributed by atoms with Gasteiger partial charge in [0.2, 0.25) is 0 Å². The van der Waals surface area contributed by atoms with E-state index in [0.29, 0.717) is 6.54 Å². The van der Waals surface area contributed by atoms with Crippen molar-refractivity contribution in [1.29, 1.82) is 0 Å². The zero-order valence-corrected chi connectivity index (χ0v) is 16.1. The Hall–Kier alpha value is -1.77. The second-order valence-corrected chi connectivity index (χ2v) is 7.62. The highest BCUT2D eigenvalue weighted by Crippen LogP contribution is 2.30. The van der Waals surface area contributed by atoms with Crippen LogP contribution in [0.15, 0.2) is 29.7 Å². The van der Waals surface area contributed by atoms with Crippen LogP contribution in [0, 0.1) is 0 Å². The first-order chi connectivity index (χ1) is 12.2. The number of hydrogen-bond acceptors (Lipinski definition) is 6. The molecule has 4 rings (SSSR count). The summed E-state index contributed by atoms with van der Waals surface area (Å²) in [6, 6.07) is 2.05. The molecule has 1 amide bonds. The number of carbonyl (C=O) groups excluding carboxylic acids is 1. The predicted octanol–water partition coefficient (Wildman–Crippen LogP) is 2.11. The van der Waals surface area contributed by atoms with Crippen LogP contribution in [0.5, 0.6) is 0 Å². The summed E-state index contributed by atoms with van der Waals surface area (Å²) in [6.45, 7) is 2.25. The van der Waals surface area contributed by atoms with Gasteiger partial charge in [-0.3, -0.25) is 4.79 Å². The number of aromatic amines is 1. The Morgan fingerprint density at radius 2 is 2.19 bits per heavy atom. The number of H-pyrrole nitrogens is 1. The SMILES string of the molecule is Cl.N[C@H]1CCCCN(C(=O)C2=CN(c3ncnc4[nH]ccc34)CCS2)C1. The average Bonchev–Trinajstić information content (AvgIpc) is 3.02. The van der Waals surface area contributed by atoms with E-state index >= 15 is 0 Å². The van der Waals surface area contributed by atoms with E-state index in [9.17, 15) is 4.79 Å². The molecule has 2 aromatic rings. The van der Waals surface area contributed by atoms with Gasteiger partial charge < -0.3 is 20.5 Å². The molecule has 9 heteroatoms. The molecule has 1 atom stereocenters. The minimum absolute atomic E-state index is 0. The molecule has 0 bridgehead atoms. The van der Waals surface area contributed by atoms with Crippen LogP contribution in [0.4, 0.5) is 5.82 Å². The number of carbonyl (C=O) groups is 1. The second kappa shape index (κ2) is 8.28. The van der Waals surface area contributed by atoms with Crippen LogP contribution < -0.4 is 10.6 Å². The van der Waals surface area contributed by atoms with Gasteiger partial charge >= 0.3 is 0 Å². The molecule has 0 aromatic carbocycles. The molecule has 26 heavy (non-hydrogen) atoms. The molecular formula is C17H23ClN6OS. The monoisotopic (exact) mass is 394 g/mol. The maximum atomic E-state index is 13.0. The van der Waals surface area contributed by atoms with Crippen molar-refractivity contribution in [2.24, 2.45) is 5.73 Å². The van der Waals surface area contributed by atoms with Gasteiger partial charge in [-0.1, -0.05) is 6.42 Å². The fourth-order valence-electron chi connectivity index (χ4n) is 3.38. The van der Waals surface area contributed by atoms with Gasteiger partial charge in [0.15, 0.2) is 0 Å². The summed E-state index contributed by atoms with van der Waals surface area (Å²) < 4.78 is 0. The van der Waals surface area contributed by atoms with Crippen LogP contribution in [0.25, 0.3) is 11.0 Å². The van der Waals surface area contributed by atoms with Crippen molar-refractivity contribution in [2.75, 3.05) is 30.3 Å². The topological polar surface area (TPSA) is 91.1 Å². The molecule has 0 aliphatic carbocycles. The third kappa shape index (κ3) is 3.82. The third-order valence-corrected chi connectivity index (χ3v) is 5.65. The van der Waals surface area contributed by atoms with Gasteiger partial charge in [-0.2, -0.15) is 0 Å². The van der Waals surface area contributed by atoms with Crippen LogP contribution in [-0.4, -0.2) is 57.2 Å². The van der Waals surface area contributed by atoms with Gasteiger partial charge in [0, 0.05) is 43.8 Å². The molecule has 0 saturated carbocycles. The van der Waals surface area contributed by atoms with Crippen molar-refractivity contribution in [2.45, 2.75) is 25.3 Å². The Kier molecular flexibility index (Phi) is 6.05. The molecule has 2 aliphatic rings. The number of likely N-dealkylation sites (tertiary alicyclic amines) is 1. The van der Waals surface area contributed by atoms with Gasteiger partial charge in [-0.05, 0) is 18.9 Å². The fraction of sp³-hybridized carbons (Fsp3) is 0.471. The first-order valence-corrected chi connectivity index (χ1v) is 9.65. The number of thioether (sulfide) groups is 1. The number of hydrogen-bond donors (Lipinski definition) is 2. The van der Waals surface area contributed by atoms with Crippen molar-refractivity contribution >= 4 is 46.9 Å². The molecular weight excluding hydrogens is 372 g/mol. The zero-order chi connectivity index (χ0) is 17.2. The fourth-order valence-corrected chi connectivity index (χ4v) is 4.35. The van der Waals surface area contributed by atoms with Crippen LogP contribution in [0.3, 0.4) is 0 Å². The largest absolute Gasteiger partial charge is 0.346 e. The van der Waals surface area contributed by atoms with Gasteiger partial charge in [0.1, 0.15) is 17.8 Å². The highest BCUT2D eigenvalue weighted by atomic mass is 35.5. The van der Waals surface area contributed by atoms with Crippen molar-refractivity contribution in [3.05, 3.63) is 29.7 Å². The molecule has 2 aliphatic heterocycles. The molecule has 0 spiro atoms. The summed E-state index contributed by atoms with van der Waals surface area (Å²) in [6.07, 6.45) is 8.46. The molecule has 7 nitrogen and oxygen atoms in total. The van der Waals surface area contributed by atoms with E-state index in [2.05, 4.69) is 19.9 Å². The molecule has 140 valence electrons. The summed E-state index contributed by atoms with van der Waals surface area (Å²) in [5.74, 6) is 1.78. The molecule has 4 heterocycles. The van der Waals surface area contributed by atoms with Crippen molar-refractivity contribution in [3.63, 3.8) is 0 Å². The number of nitrogens with zero attached hydrogens (tertiary/aromatic N) is 4. The quantitative estimate of drug-likeness (QED) is 0.810. The Morgan fingerprint density at radius 3 is 3.08 bits per heavy atom. The van der Waals surface area contributed by atoms with E-state index < -0.39 is 0 Å². The third-order valence-electron chi connectivity index (χ3n) is 4.67. The molecule has 0 radical (unpaired) electrons. The van der Waals surface area contributed by atoms with Gasteiger partial charge in [-0.25, -0.2) is 9.97 Å². The number of anilines is 1. The Labute approximate surface area is 162 Å². The maximum absolute atomic E-state index is 13.0. The van der Waals surface area contributed by atoms with Crippen LogP contribution in [-0.2, 0) is 4.79 Å². The number of rotatable bonds is 2. The summed E-state index contributed by atoms with van der Waals surface area (Å²) in [5.41, 5.74) is 6.92. The van der Waals surface area contributed by atoms with E-state index in [1.807, 2.05) is 23.4 Å². The molecule has 0 unspecified atom stereocenters. The first-order valence-electron chi connectivity index (χ1n) is 8.66. The minimum atomic E-state index is 0. The number of nitrogens with one attached hydrogen (secondary N) is 1. The minimum Gasteiger partial charge on any atom is -0.346 e. The van der Waals surface area contributed by atoms with Crippen molar-refractivity contribution in [3.8, 4) is 0 Å². The van der Waals surface area contributed by atoms with E-state index in [1.165, 1.54) is 0 Å². The summed E-state index contributed by atoms with van der Waals surface area (Å²) in [7, 11) is 0. The lowest BCUT2D eigenvalue weighted by molar-refractivity contribution is -0.126. The maximum Gasteiger partial charge on any atom is 0.261 e. The van der Waals surface area contributed by atoms with Gasteiger partial charge in [0.05, 0.1) is 10.3 Å². The van der Waals surface area contributed by atoms with Crippen LogP contribution in [0.2, 0.25) is 0 Å².